The standard InChI is InChI=1S/C68H46N2/c1-6-23-47(24-7-1)67(48-25-8-2-9-26-48)59-36-19-16-33-54(59)56-43-41-52(45-62(56)67)69(50-29-12-4-13-30-50)53-42-44-57-55-34-17-20-37-60(55)68(63(57)46-53,49-27-10-3-11-28-49)61-38-22-40-65-66(61)58-35-18-21-39-64(58)70(65)51-31-14-5-15-32-51/h1-46H. The van der Waals surface area contributed by atoms with Gasteiger partial charge < -0.3 is 9.47 Å². The molecule has 2 nitrogen and oxygen atoms in total. The number of nitrogens with zero attached hydrogens (tertiary/aromatic N) is 2. The van der Waals surface area contributed by atoms with Crippen molar-refractivity contribution < 1.29 is 0 Å². The van der Waals surface area contributed by atoms with Crippen molar-refractivity contribution in [2.45, 2.75) is 10.8 Å². The second-order valence-electron chi connectivity index (χ2n) is 18.7. The summed E-state index contributed by atoms with van der Waals surface area (Å²) in [7, 11) is 0. The van der Waals surface area contributed by atoms with Crippen LogP contribution >= 0.6 is 0 Å². The SMILES string of the molecule is c1ccc(N(c2ccc3c(c2)C(c2ccccc2)(c2ccccc2)c2ccccc2-3)c2ccc3c(c2)C(c2ccccc2)(c2cccc4c2c2ccccc2n4-c2ccccc2)c2ccccc2-3)cc1. The van der Waals surface area contributed by atoms with Crippen molar-refractivity contribution in [1.29, 1.82) is 0 Å². The van der Waals surface area contributed by atoms with Crippen molar-refractivity contribution in [3.8, 4) is 27.9 Å². The summed E-state index contributed by atoms with van der Waals surface area (Å²) in [5.41, 5.74) is 20.8. The van der Waals surface area contributed by atoms with Crippen molar-refractivity contribution in [2.24, 2.45) is 0 Å². The van der Waals surface area contributed by atoms with Crippen LogP contribution in [0.15, 0.2) is 279 Å². The Balaban J connectivity index is 1.06. The number of aromatic nitrogens is 1. The van der Waals surface area contributed by atoms with Gasteiger partial charge in [-0.2, -0.15) is 0 Å². The molecule has 0 amide bonds. The van der Waals surface area contributed by atoms with Gasteiger partial charge in [-0.3, -0.25) is 0 Å². The fourth-order valence-electron chi connectivity index (χ4n) is 12.6. The Morgan fingerprint density at radius 3 is 1.27 bits per heavy atom. The molecular weight excluding hydrogens is 845 g/mol. The summed E-state index contributed by atoms with van der Waals surface area (Å²) in [4.78, 5) is 2.48. The number of anilines is 3. The van der Waals surface area contributed by atoms with E-state index in [1.54, 1.807) is 0 Å². The van der Waals surface area contributed by atoms with Crippen LogP contribution in [0.25, 0.3) is 49.7 Å². The van der Waals surface area contributed by atoms with Gasteiger partial charge in [0.15, 0.2) is 0 Å². The predicted octanol–water partition coefficient (Wildman–Crippen LogP) is 17.0. The maximum atomic E-state index is 2.51. The third kappa shape index (κ3) is 5.62. The minimum Gasteiger partial charge on any atom is -0.310 e. The van der Waals surface area contributed by atoms with Crippen LogP contribution in [-0.4, -0.2) is 4.57 Å². The fourth-order valence-corrected chi connectivity index (χ4v) is 12.6. The molecule has 2 heteroatoms. The average molecular weight is 891 g/mol. The van der Waals surface area contributed by atoms with E-state index in [1.165, 1.54) is 88.6 Å². The lowest BCUT2D eigenvalue weighted by molar-refractivity contribution is 0.768. The van der Waals surface area contributed by atoms with E-state index in [4.69, 9.17) is 0 Å². The summed E-state index contributed by atoms with van der Waals surface area (Å²) in [5.74, 6) is 0. The van der Waals surface area contributed by atoms with E-state index in [2.05, 4.69) is 289 Å². The van der Waals surface area contributed by atoms with Crippen LogP contribution in [-0.2, 0) is 10.8 Å². The second kappa shape index (κ2) is 15.8. The van der Waals surface area contributed by atoms with Crippen LogP contribution in [0.5, 0.6) is 0 Å². The number of rotatable bonds is 8. The van der Waals surface area contributed by atoms with Gasteiger partial charge in [-0.05, 0) is 127 Å². The first-order valence-corrected chi connectivity index (χ1v) is 24.3. The summed E-state index contributed by atoms with van der Waals surface area (Å²) >= 11 is 0. The molecule has 0 saturated heterocycles. The summed E-state index contributed by atoms with van der Waals surface area (Å²) in [6, 6.07) is 104. The van der Waals surface area contributed by atoms with E-state index in [1.807, 2.05) is 0 Å². The molecule has 1 atom stereocenters. The molecule has 1 unspecified atom stereocenters. The van der Waals surface area contributed by atoms with Gasteiger partial charge in [0.1, 0.15) is 0 Å². The van der Waals surface area contributed by atoms with Gasteiger partial charge in [0, 0.05) is 33.5 Å². The molecule has 0 radical (unpaired) electrons. The van der Waals surface area contributed by atoms with Crippen molar-refractivity contribution in [1.82, 2.24) is 4.57 Å². The van der Waals surface area contributed by atoms with Gasteiger partial charge in [0.05, 0.1) is 21.9 Å². The van der Waals surface area contributed by atoms with Gasteiger partial charge >= 0.3 is 0 Å². The lowest BCUT2D eigenvalue weighted by atomic mass is 9.66. The number of fused-ring (bicyclic) bond motifs is 9. The molecule has 0 fully saturated rings. The third-order valence-electron chi connectivity index (χ3n) is 15.3. The molecular formula is C68H46N2. The van der Waals surface area contributed by atoms with Crippen molar-refractivity contribution in [3.63, 3.8) is 0 Å². The average Bonchev–Trinajstić information content (AvgIpc) is 4.05. The maximum Gasteiger partial charge on any atom is 0.0721 e. The molecule has 14 rings (SSSR count). The molecule has 2 aliphatic carbocycles. The van der Waals surface area contributed by atoms with Crippen molar-refractivity contribution in [2.75, 3.05) is 4.90 Å². The molecule has 70 heavy (non-hydrogen) atoms. The van der Waals surface area contributed by atoms with E-state index in [9.17, 15) is 0 Å². The summed E-state index contributed by atoms with van der Waals surface area (Å²) in [5, 5.41) is 2.50. The fraction of sp³-hybridized carbons (Fsp3) is 0.0294. The molecule has 328 valence electrons. The van der Waals surface area contributed by atoms with E-state index in [0.29, 0.717) is 0 Å². The van der Waals surface area contributed by atoms with Crippen LogP contribution in [0, 0.1) is 0 Å². The normalized spacial score (nSPS) is 15.0. The molecule has 0 spiro atoms. The van der Waals surface area contributed by atoms with Crippen molar-refractivity contribution >= 4 is 38.9 Å². The Labute approximate surface area is 408 Å². The Morgan fingerprint density at radius 1 is 0.271 bits per heavy atom. The molecule has 1 heterocycles. The largest absolute Gasteiger partial charge is 0.310 e. The highest BCUT2D eigenvalue weighted by Gasteiger charge is 2.49. The Kier molecular flexibility index (Phi) is 9.06. The Bertz CT molecular complexity index is 3890. The lowest BCUT2D eigenvalue weighted by Crippen LogP contribution is -2.29. The molecule has 1 aromatic heterocycles. The first-order chi connectivity index (χ1) is 34.8. The van der Waals surface area contributed by atoms with Gasteiger partial charge in [0.25, 0.3) is 0 Å². The van der Waals surface area contributed by atoms with E-state index >= 15 is 0 Å². The highest BCUT2D eigenvalue weighted by molar-refractivity contribution is 6.12. The zero-order valence-electron chi connectivity index (χ0n) is 38.5. The quantitative estimate of drug-likeness (QED) is 0.148. The Hall–Kier alpha value is -8.98. The van der Waals surface area contributed by atoms with Crippen LogP contribution in [0.4, 0.5) is 17.1 Å². The summed E-state index contributed by atoms with van der Waals surface area (Å²) in [6.45, 7) is 0. The molecule has 0 aliphatic heterocycles. The van der Waals surface area contributed by atoms with E-state index in [0.717, 1.165) is 22.7 Å². The zero-order valence-corrected chi connectivity index (χ0v) is 38.5. The minimum atomic E-state index is -0.675. The second-order valence-corrected chi connectivity index (χ2v) is 18.7. The number of benzene rings is 11. The highest BCUT2D eigenvalue weighted by Crippen LogP contribution is 2.60. The van der Waals surface area contributed by atoms with Gasteiger partial charge in [0.2, 0.25) is 0 Å². The number of hydrogen-bond acceptors (Lipinski definition) is 1. The van der Waals surface area contributed by atoms with E-state index in [-0.39, 0.29) is 0 Å². The first kappa shape index (κ1) is 40.1. The van der Waals surface area contributed by atoms with Crippen LogP contribution < -0.4 is 4.90 Å². The van der Waals surface area contributed by atoms with E-state index < -0.39 is 10.8 Å². The van der Waals surface area contributed by atoms with Gasteiger partial charge in [-0.1, -0.05) is 218 Å². The van der Waals surface area contributed by atoms with Crippen molar-refractivity contribution in [3.05, 3.63) is 324 Å². The van der Waals surface area contributed by atoms with Crippen LogP contribution in [0.2, 0.25) is 0 Å². The number of hydrogen-bond donors (Lipinski definition) is 0. The highest BCUT2D eigenvalue weighted by atomic mass is 15.1. The zero-order chi connectivity index (χ0) is 46.2. The lowest BCUT2D eigenvalue weighted by Gasteiger charge is -2.36. The number of para-hydroxylation sites is 3. The smallest absolute Gasteiger partial charge is 0.0721 e. The third-order valence-corrected chi connectivity index (χ3v) is 15.3. The minimum absolute atomic E-state index is 0.535. The topological polar surface area (TPSA) is 8.17 Å². The van der Waals surface area contributed by atoms with Gasteiger partial charge in [-0.25, -0.2) is 0 Å². The molecule has 2 aliphatic rings. The predicted molar refractivity (Wildman–Crippen MR) is 290 cm³/mol. The Morgan fingerprint density at radius 2 is 0.686 bits per heavy atom. The van der Waals surface area contributed by atoms with Gasteiger partial charge in [-0.15, -0.1) is 0 Å². The molecule has 12 aromatic rings. The molecule has 0 N–H and O–H groups in total. The molecule has 0 bridgehead atoms. The first-order valence-electron chi connectivity index (χ1n) is 24.3. The molecule has 0 saturated carbocycles. The summed E-state index contributed by atoms with van der Waals surface area (Å²) < 4.78 is 2.44. The van der Waals surface area contributed by atoms with Crippen LogP contribution in [0.3, 0.4) is 0 Å². The van der Waals surface area contributed by atoms with Crippen LogP contribution in [0.1, 0.15) is 44.5 Å². The maximum absolute atomic E-state index is 2.51. The summed E-state index contributed by atoms with van der Waals surface area (Å²) in [6.07, 6.45) is 0. The molecule has 11 aromatic carbocycles. The monoisotopic (exact) mass is 890 g/mol.